The van der Waals surface area contributed by atoms with Crippen molar-refractivity contribution in [3.63, 3.8) is 0 Å². The van der Waals surface area contributed by atoms with Crippen molar-refractivity contribution in [1.29, 1.82) is 0 Å². The highest BCUT2D eigenvalue weighted by Crippen LogP contribution is 2.24. The molecule has 0 spiro atoms. The van der Waals surface area contributed by atoms with Crippen LogP contribution in [0.3, 0.4) is 0 Å². The summed E-state index contributed by atoms with van der Waals surface area (Å²) in [5, 5.41) is 3.56. The van der Waals surface area contributed by atoms with Crippen molar-refractivity contribution >= 4 is 0 Å². The summed E-state index contributed by atoms with van der Waals surface area (Å²) in [6, 6.07) is 5.51. The Morgan fingerprint density at radius 3 is 2.93 bits per heavy atom. The van der Waals surface area contributed by atoms with Gasteiger partial charge in [0.1, 0.15) is 0 Å². The van der Waals surface area contributed by atoms with Crippen LogP contribution in [0.4, 0.5) is 0 Å². The van der Waals surface area contributed by atoms with E-state index in [1.54, 1.807) is 6.07 Å². The molecule has 76 valence electrons. The summed E-state index contributed by atoms with van der Waals surface area (Å²) in [5.74, 6) is 10.9. The third-order valence-corrected chi connectivity index (χ3v) is 2.21. The summed E-state index contributed by atoms with van der Waals surface area (Å²) in [6.07, 6.45) is 2.74. The second kappa shape index (κ2) is 3.71. The molecule has 0 aromatic carbocycles. The van der Waals surface area contributed by atoms with Crippen LogP contribution in [0.25, 0.3) is 0 Å². The minimum Gasteiger partial charge on any atom is -0.372 e. The number of nitrogens with zero attached hydrogens (tertiary/aromatic N) is 2. The standard InChI is InChI=1S/C9H14N4O/c10-12-9-3-1-2-7(13(9)11)6-14-8-4-5-8/h1-3,8H,4-6,10-11H2/b12-9-. The molecular weight excluding hydrogens is 180 g/mol. The minimum atomic E-state index is 0.425. The first-order valence-corrected chi connectivity index (χ1v) is 4.63. The molecule has 5 heteroatoms. The van der Waals surface area contributed by atoms with Crippen LogP contribution in [0.2, 0.25) is 0 Å². The molecular formula is C9H14N4O. The molecule has 0 amide bonds. The van der Waals surface area contributed by atoms with E-state index in [9.17, 15) is 0 Å². The molecule has 4 N–H and O–H groups in total. The maximum atomic E-state index is 5.76. The van der Waals surface area contributed by atoms with E-state index >= 15 is 0 Å². The van der Waals surface area contributed by atoms with Gasteiger partial charge in [0.2, 0.25) is 0 Å². The third-order valence-electron chi connectivity index (χ3n) is 2.21. The van der Waals surface area contributed by atoms with Crippen molar-refractivity contribution in [2.75, 3.05) is 5.84 Å². The number of ether oxygens (including phenoxy) is 1. The first-order valence-electron chi connectivity index (χ1n) is 4.63. The SMILES string of the molecule is N/N=c1/cccc(COC2CC2)n1N. The normalized spacial score (nSPS) is 17.3. The summed E-state index contributed by atoms with van der Waals surface area (Å²) in [5.41, 5.74) is 1.42. The van der Waals surface area contributed by atoms with Gasteiger partial charge in [0.15, 0.2) is 5.49 Å². The monoisotopic (exact) mass is 194 g/mol. The van der Waals surface area contributed by atoms with Crippen molar-refractivity contribution in [2.45, 2.75) is 25.6 Å². The molecule has 1 heterocycles. The second-order valence-corrected chi connectivity index (χ2v) is 3.38. The first-order chi connectivity index (χ1) is 6.81. The smallest absolute Gasteiger partial charge is 0.170 e. The lowest BCUT2D eigenvalue weighted by Gasteiger charge is -2.08. The predicted octanol–water partition coefficient (Wildman–Crippen LogP) is -0.345. The van der Waals surface area contributed by atoms with E-state index in [0.29, 0.717) is 18.2 Å². The maximum Gasteiger partial charge on any atom is 0.170 e. The fourth-order valence-electron chi connectivity index (χ4n) is 1.21. The Labute approximate surface area is 81.9 Å². The average molecular weight is 194 g/mol. The summed E-state index contributed by atoms with van der Waals surface area (Å²) in [7, 11) is 0. The van der Waals surface area contributed by atoms with Gasteiger partial charge in [0.05, 0.1) is 18.4 Å². The summed E-state index contributed by atoms with van der Waals surface area (Å²) in [4.78, 5) is 0. The number of hydrogen-bond donors (Lipinski definition) is 2. The molecule has 1 fully saturated rings. The molecule has 0 aliphatic heterocycles. The van der Waals surface area contributed by atoms with Crippen LogP contribution < -0.4 is 17.2 Å². The highest BCUT2D eigenvalue weighted by atomic mass is 16.5. The van der Waals surface area contributed by atoms with Crippen LogP contribution >= 0.6 is 0 Å². The quantitative estimate of drug-likeness (QED) is 0.510. The molecule has 1 aliphatic carbocycles. The van der Waals surface area contributed by atoms with E-state index in [-0.39, 0.29) is 0 Å². The summed E-state index contributed by atoms with van der Waals surface area (Å²) < 4.78 is 6.98. The molecule has 1 aromatic rings. The average Bonchev–Trinajstić information content (AvgIpc) is 3.00. The number of rotatable bonds is 3. The van der Waals surface area contributed by atoms with Gasteiger partial charge < -0.3 is 16.4 Å². The van der Waals surface area contributed by atoms with Gasteiger partial charge in [-0.25, -0.2) is 4.68 Å². The van der Waals surface area contributed by atoms with Gasteiger partial charge in [-0.15, -0.1) is 0 Å². The lowest BCUT2D eigenvalue weighted by atomic mass is 10.3. The highest BCUT2D eigenvalue weighted by molar-refractivity contribution is 5.05. The summed E-state index contributed by atoms with van der Waals surface area (Å²) in [6.45, 7) is 0.518. The van der Waals surface area contributed by atoms with Gasteiger partial charge >= 0.3 is 0 Å². The van der Waals surface area contributed by atoms with Crippen molar-refractivity contribution in [3.05, 3.63) is 29.4 Å². The Bertz CT molecular complexity index is 381. The molecule has 0 bridgehead atoms. The lowest BCUT2D eigenvalue weighted by Crippen LogP contribution is -2.31. The molecule has 5 nitrogen and oxygen atoms in total. The number of nitrogen functional groups attached to an aromatic ring is 1. The first kappa shape index (κ1) is 9.08. The summed E-state index contributed by atoms with van der Waals surface area (Å²) >= 11 is 0. The van der Waals surface area contributed by atoms with E-state index in [1.807, 2.05) is 12.1 Å². The predicted molar refractivity (Wildman–Crippen MR) is 52.1 cm³/mol. The molecule has 1 aliphatic rings. The third kappa shape index (κ3) is 1.88. The number of hydrogen-bond acceptors (Lipinski definition) is 4. The Kier molecular flexibility index (Phi) is 2.41. The molecule has 0 atom stereocenters. The molecule has 1 saturated carbocycles. The van der Waals surface area contributed by atoms with Crippen molar-refractivity contribution in [2.24, 2.45) is 10.9 Å². The van der Waals surface area contributed by atoms with Crippen LogP contribution in [0, 0.1) is 0 Å². The molecule has 14 heavy (non-hydrogen) atoms. The van der Waals surface area contributed by atoms with E-state index in [4.69, 9.17) is 16.4 Å². The van der Waals surface area contributed by atoms with Gasteiger partial charge in [-0.2, -0.15) is 5.10 Å². The van der Waals surface area contributed by atoms with Gasteiger partial charge in [-0.3, -0.25) is 0 Å². The maximum absolute atomic E-state index is 5.76. The minimum absolute atomic E-state index is 0.425. The van der Waals surface area contributed by atoms with E-state index in [0.717, 1.165) is 18.5 Å². The fourth-order valence-corrected chi connectivity index (χ4v) is 1.21. The van der Waals surface area contributed by atoms with Crippen LogP contribution in [0.5, 0.6) is 0 Å². The van der Waals surface area contributed by atoms with Crippen LogP contribution in [0.1, 0.15) is 18.5 Å². The Morgan fingerprint density at radius 2 is 2.29 bits per heavy atom. The van der Waals surface area contributed by atoms with Gasteiger partial charge in [-0.05, 0) is 25.0 Å². The zero-order chi connectivity index (χ0) is 9.97. The molecule has 2 rings (SSSR count). The van der Waals surface area contributed by atoms with Gasteiger partial charge in [0.25, 0.3) is 0 Å². The molecule has 0 saturated heterocycles. The number of nitrogens with two attached hydrogens (primary N) is 2. The Hall–Kier alpha value is -1.49. The zero-order valence-corrected chi connectivity index (χ0v) is 7.89. The van der Waals surface area contributed by atoms with E-state index in [2.05, 4.69) is 5.10 Å². The molecule has 0 radical (unpaired) electrons. The van der Waals surface area contributed by atoms with Gasteiger partial charge in [0, 0.05) is 0 Å². The Balaban J connectivity index is 2.15. The Morgan fingerprint density at radius 1 is 1.50 bits per heavy atom. The van der Waals surface area contributed by atoms with Crippen molar-refractivity contribution in [1.82, 2.24) is 4.68 Å². The molecule has 0 unspecified atom stereocenters. The number of pyridine rings is 1. The van der Waals surface area contributed by atoms with Crippen LogP contribution in [-0.4, -0.2) is 10.8 Å². The number of aromatic nitrogens is 1. The van der Waals surface area contributed by atoms with Crippen LogP contribution in [-0.2, 0) is 11.3 Å². The van der Waals surface area contributed by atoms with Crippen molar-refractivity contribution < 1.29 is 4.74 Å². The fraction of sp³-hybridized carbons (Fsp3) is 0.444. The van der Waals surface area contributed by atoms with E-state index in [1.165, 1.54) is 4.68 Å². The zero-order valence-electron chi connectivity index (χ0n) is 7.89. The second-order valence-electron chi connectivity index (χ2n) is 3.38. The van der Waals surface area contributed by atoms with E-state index < -0.39 is 0 Å². The highest BCUT2D eigenvalue weighted by Gasteiger charge is 2.22. The topological polar surface area (TPSA) is 78.6 Å². The van der Waals surface area contributed by atoms with Crippen molar-refractivity contribution in [3.8, 4) is 0 Å². The van der Waals surface area contributed by atoms with Gasteiger partial charge in [-0.1, -0.05) is 6.07 Å². The lowest BCUT2D eigenvalue weighted by molar-refractivity contribution is 0.101. The molecule has 1 aromatic heterocycles. The largest absolute Gasteiger partial charge is 0.372 e. The van der Waals surface area contributed by atoms with Crippen LogP contribution in [0.15, 0.2) is 23.3 Å².